The van der Waals surface area contributed by atoms with Crippen LogP contribution in [-0.2, 0) is 0 Å². The standard InChI is InChI=1S/C10H8N6/c11-8-2-1-7-10(15-8)16-9(14-7)6-3-4-12-13-5-6/h1-5H,(H3,11,14,15,16). The lowest BCUT2D eigenvalue weighted by molar-refractivity contribution is 1.03. The molecule has 0 saturated carbocycles. The van der Waals surface area contributed by atoms with Crippen molar-refractivity contribution in [2.24, 2.45) is 0 Å². The third-order valence-electron chi connectivity index (χ3n) is 2.23. The van der Waals surface area contributed by atoms with Crippen LogP contribution in [0.25, 0.3) is 22.6 Å². The van der Waals surface area contributed by atoms with E-state index in [2.05, 4.69) is 25.1 Å². The van der Waals surface area contributed by atoms with Crippen molar-refractivity contribution in [3.05, 3.63) is 30.6 Å². The number of anilines is 1. The molecular weight excluding hydrogens is 204 g/mol. The summed E-state index contributed by atoms with van der Waals surface area (Å²) in [7, 11) is 0. The van der Waals surface area contributed by atoms with Gasteiger partial charge in [-0.15, -0.1) is 0 Å². The highest BCUT2D eigenvalue weighted by Gasteiger charge is 2.06. The average Bonchev–Trinajstić information content (AvgIpc) is 2.73. The first-order valence-corrected chi connectivity index (χ1v) is 4.72. The molecule has 0 aliphatic heterocycles. The molecule has 3 aromatic heterocycles. The molecule has 0 atom stereocenters. The maximum absolute atomic E-state index is 5.58. The molecule has 0 bridgehead atoms. The lowest BCUT2D eigenvalue weighted by Crippen LogP contribution is -1.88. The van der Waals surface area contributed by atoms with E-state index in [0.29, 0.717) is 17.3 Å². The zero-order valence-electron chi connectivity index (χ0n) is 8.25. The average molecular weight is 212 g/mol. The first-order chi connectivity index (χ1) is 7.83. The van der Waals surface area contributed by atoms with Crippen molar-refractivity contribution < 1.29 is 0 Å². The summed E-state index contributed by atoms with van der Waals surface area (Å²) in [5.41, 5.74) is 7.90. The topological polar surface area (TPSA) is 93.4 Å². The number of nitrogens with zero attached hydrogens (tertiary/aromatic N) is 4. The Kier molecular flexibility index (Phi) is 1.79. The summed E-state index contributed by atoms with van der Waals surface area (Å²) >= 11 is 0. The van der Waals surface area contributed by atoms with Crippen LogP contribution in [0, 0.1) is 0 Å². The molecule has 0 fully saturated rings. The molecule has 0 radical (unpaired) electrons. The molecule has 0 aromatic carbocycles. The highest BCUT2D eigenvalue weighted by Crippen LogP contribution is 2.18. The number of imidazole rings is 1. The maximum atomic E-state index is 5.58. The Labute approximate surface area is 90.6 Å². The summed E-state index contributed by atoms with van der Waals surface area (Å²) in [6.07, 6.45) is 3.26. The molecule has 0 unspecified atom stereocenters. The van der Waals surface area contributed by atoms with Crippen molar-refractivity contribution in [2.45, 2.75) is 0 Å². The quantitative estimate of drug-likeness (QED) is 0.627. The lowest BCUT2D eigenvalue weighted by atomic mass is 10.3. The minimum atomic E-state index is 0.457. The number of rotatable bonds is 1. The number of nitrogens with two attached hydrogens (primary N) is 1. The van der Waals surface area contributed by atoms with Crippen LogP contribution in [0.3, 0.4) is 0 Å². The molecule has 3 N–H and O–H groups in total. The van der Waals surface area contributed by atoms with Crippen molar-refractivity contribution in [2.75, 3.05) is 5.73 Å². The van der Waals surface area contributed by atoms with E-state index in [4.69, 9.17) is 5.73 Å². The van der Waals surface area contributed by atoms with Gasteiger partial charge in [-0.3, -0.25) is 0 Å². The van der Waals surface area contributed by atoms with Gasteiger partial charge in [0, 0.05) is 5.56 Å². The Morgan fingerprint density at radius 1 is 1.06 bits per heavy atom. The van der Waals surface area contributed by atoms with E-state index in [-0.39, 0.29) is 0 Å². The molecule has 3 rings (SSSR count). The Morgan fingerprint density at radius 3 is 2.81 bits per heavy atom. The van der Waals surface area contributed by atoms with Gasteiger partial charge in [-0.2, -0.15) is 10.2 Å². The molecule has 0 aliphatic rings. The van der Waals surface area contributed by atoms with Gasteiger partial charge in [-0.1, -0.05) is 0 Å². The first kappa shape index (κ1) is 8.78. The Bertz CT molecular complexity index is 630. The predicted octanol–water partition coefficient (Wildman–Crippen LogP) is 0.997. The van der Waals surface area contributed by atoms with E-state index < -0.39 is 0 Å². The molecule has 3 aromatic rings. The molecule has 3 heterocycles. The van der Waals surface area contributed by atoms with Crippen molar-refractivity contribution >= 4 is 17.0 Å². The lowest BCUT2D eigenvalue weighted by Gasteiger charge is -1.91. The second-order valence-electron chi connectivity index (χ2n) is 3.32. The summed E-state index contributed by atoms with van der Waals surface area (Å²) in [5.74, 6) is 1.17. The first-order valence-electron chi connectivity index (χ1n) is 4.72. The van der Waals surface area contributed by atoms with Crippen molar-refractivity contribution in [1.82, 2.24) is 25.1 Å². The molecule has 78 valence electrons. The fourth-order valence-electron chi connectivity index (χ4n) is 1.47. The summed E-state index contributed by atoms with van der Waals surface area (Å²) < 4.78 is 0. The molecule has 16 heavy (non-hydrogen) atoms. The highest BCUT2D eigenvalue weighted by molar-refractivity contribution is 5.76. The van der Waals surface area contributed by atoms with Gasteiger partial charge in [-0.25, -0.2) is 9.97 Å². The second-order valence-corrected chi connectivity index (χ2v) is 3.32. The molecule has 0 spiro atoms. The third kappa shape index (κ3) is 1.36. The highest BCUT2D eigenvalue weighted by atomic mass is 15.1. The summed E-state index contributed by atoms with van der Waals surface area (Å²) in [4.78, 5) is 11.6. The van der Waals surface area contributed by atoms with Crippen LogP contribution < -0.4 is 5.73 Å². The maximum Gasteiger partial charge on any atom is 0.180 e. The molecule has 6 heteroatoms. The monoisotopic (exact) mass is 212 g/mol. The van der Waals surface area contributed by atoms with E-state index in [9.17, 15) is 0 Å². The Morgan fingerprint density at radius 2 is 2.00 bits per heavy atom. The fourth-order valence-corrected chi connectivity index (χ4v) is 1.47. The van der Waals surface area contributed by atoms with E-state index in [1.165, 1.54) is 0 Å². The second kappa shape index (κ2) is 3.27. The van der Waals surface area contributed by atoms with E-state index in [1.54, 1.807) is 18.5 Å². The van der Waals surface area contributed by atoms with Gasteiger partial charge in [0.25, 0.3) is 0 Å². The van der Waals surface area contributed by atoms with Crippen LogP contribution >= 0.6 is 0 Å². The number of pyridine rings is 1. The van der Waals surface area contributed by atoms with Gasteiger partial charge < -0.3 is 10.7 Å². The van der Waals surface area contributed by atoms with Crippen LogP contribution in [0.4, 0.5) is 5.82 Å². The third-order valence-corrected chi connectivity index (χ3v) is 2.23. The number of hydrogen-bond donors (Lipinski definition) is 2. The number of fused-ring (bicyclic) bond motifs is 1. The van der Waals surface area contributed by atoms with Gasteiger partial charge in [0.1, 0.15) is 11.6 Å². The van der Waals surface area contributed by atoms with Crippen LogP contribution in [0.5, 0.6) is 0 Å². The Balaban J connectivity index is 2.19. The predicted molar refractivity (Wildman–Crippen MR) is 59.3 cm³/mol. The number of aromatic nitrogens is 5. The smallest absolute Gasteiger partial charge is 0.180 e. The van der Waals surface area contributed by atoms with Crippen molar-refractivity contribution in [3.8, 4) is 11.4 Å². The summed E-state index contributed by atoms with van der Waals surface area (Å²) in [6, 6.07) is 5.41. The number of nitrogen functional groups attached to an aromatic ring is 1. The largest absolute Gasteiger partial charge is 0.384 e. The van der Waals surface area contributed by atoms with Gasteiger partial charge in [0.05, 0.1) is 17.9 Å². The van der Waals surface area contributed by atoms with E-state index >= 15 is 0 Å². The number of aromatic amines is 1. The molecule has 0 aliphatic carbocycles. The summed E-state index contributed by atoms with van der Waals surface area (Å²) in [6.45, 7) is 0. The molecule has 0 saturated heterocycles. The number of H-pyrrole nitrogens is 1. The zero-order valence-corrected chi connectivity index (χ0v) is 8.25. The van der Waals surface area contributed by atoms with Crippen LogP contribution in [-0.4, -0.2) is 25.1 Å². The Hall–Kier alpha value is -2.50. The van der Waals surface area contributed by atoms with Gasteiger partial charge in [0.2, 0.25) is 0 Å². The summed E-state index contributed by atoms with van der Waals surface area (Å²) in [5, 5.41) is 7.51. The van der Waals surface area contributed by atoms with E-state index in [1.807, 2.05) is 12.1 Å². The number of nitrogens with one attached hydrogen (secondary N) is 1. The van der Waals surface area contributed by atoms with E-state index in [0.717, 1.165) is 11.1 Å². The molecule has 6 nitrogen and oxygen atoms in total. The minimum Gasteiger partial charge on any atom is -0.384 e. The van der Waals surface area contributed by atoms with Crippen LogP contribution in [0.15, 0.2) is 30.6 Å². The normalized spacial score (nSPS) is 10.8. The van der Waals surface area contributed by atoms with Gasteiger partial charge >= 0.3 is 0 Å². The van der Waals surface area contributed by atoms with Crippen molar-refractivity contribution in [3.63, 3.8) is 0 Å². The molecule has 0 amide bonds. The van der Waals surface area contributed by atoms with Gasteiger partial charge in [-0.05, 0) is 18.2 Å². The fraction of sp³-hybridized carbons (Fsp3) is 0. The van der Waals surface area contributed by atoms with Crippen LogP contribution in [0.2, 0.25) is 0 Å². The van der Waals surface area contributed by atoms with Crippen molar-refractivity contribution in [1.29, 1.82) is 0 Å². The SMILES string of the molecule is Nc1ccc2[nH]c(-c3ccnnc3)nc2n1. The molecular formula is C10H8N6. The number of hydrogen-bond acceptors (Lipinski definition) is 5. The zero-order chi connectivity index (χ0) is 11.0. The minimum absolute atomic E-state index is 0.457. The van der Waals surface area contributed by atoms with Gasteiger partial charge in [0.15, 0.2) is 5.65 Å². The van der Waals surface area contributed by atoms with Crippen LogP contribution in [0.1, 0.15) is 0 Å².